The number of ether oxygens (including phenoxy) is 1. The molecule has 2 N–H and O–H groups in total. The number of nitro groups is 1. The second kappa shape index (κ2) is 4.02. The van der Waals surface area contributed by atoms with Gasteiger partial charge in [-0.05, 0) is 6.07 Å². The lowest BCUT2D eigenvalue weighted by Gasteiger charge is -2.04. The minimum atomic E-state index is -4.21. The Morgan fingerprint density at radius 3 is 2.44 bits per heavy atom. The number of hydrogen-bond acceptors (Lipinski definition) is 5. The Balaban J connectivity index is 3.59. The molecule has 1 rings (SSSR count). The van der Waals surface area contributed by atoms with Crippen LogP contribution in [-0.2, 0) is 10.0 Å². The third kappa shape index (κ3) is 2.25. The lowest BCUT2D eigenvalue weighted by atomic mass is 10.3. The Kier molecular flexibility index (Phi) is 3.10. The second-order valence-electron chi connectivity index (χ2n) is 2.76. The summed E-state index contributed by atoms with van der Waals surface area (Å²) in [6, 6.07) is 1.19. The molecule has 1 aromatic rings. The van der Waals surface area contributed by atoms with Crippen molar-refractivity contribution in [1.82, 2.24) is 0 Å². The number of hydrogen-bond donors (Lipinski definition) is 1. The summed E-state index contributed by atoms with van der Waals surface area (Å²) in [5, 5.41) is 15.3. The first-order chi connectivity index (χ1) is 7.27. The van der Waals surface area contributed by atoms with E-state index >= 15 is 0 Å². The van der Waals surface area contributed by atoms with Crippen molar-refractivity contribution in [3.63, 3.8) is 0 Å². The van der Waals surface area contributed by atoms with Crippen LogP contribution in [0.5, 0.6) is 5.75 Å². The lowest BCUT2D eigenvalue weighted by molar-refractivity contribution is -0.386. The van der Waals surface area contributed by atoms with Crippen LogP contribution in [0, 0.1) is 15.9 Å². The predicted octanol–water partition coefficient (Wildman–Crippen LogP) is 0.390. The Hall–Kier alpha value is -1.74. The number of rotatable bonds is 3. The average Bonchev–Trinajstić information content (AvgIpc) is 2.14. The summed E-state index contributed by atoms with van der Waals surface area (Å²) >= 11 is 0. The molecule has 0 amide bonds. The molecule has 0 aliphatic rings. The minimum absolute atomic E-state index is 0.557. The Morgan fingerprint density at radius 2 is 2.06 bits per heavy atom. The molecule has 0 heterocycles. The molecule has 16 heavy (non-hydrogen) atoms. The quantitative estimate of drug-likeness (QED) is 0.615. The minimum Gasteiger partial charge on any atom is -0.488 e. The third-order valence-electron chi connectivity index (χ3n) is 1.73. The monoisotopic (exact) mass is 250 g/mol. The van der Waals surface area contributed by atoms with E-state index in [0.29, 0.717) is 12.1 Å². The van der Waals surface area contributed by atoms with Gasteiger partial charge in [-0.1, -0.05) is 0 Å². The van der Waals surface area contributed by atoms with Crippen molar-refractivity contribution in [3.8, 4) is 5.75 Å². The molecule has 0 saturated carbocycles. The number of nitro benzene ring substituents is 1. The standard InChI is InChI=1S/C7H7FN2O5S/c1-15-7-5(8)2-4(16(9,13)14)3-6(7)10(11)12/h2-3H,1H3,(H2,9,13,14). The molecule has 0 aliphatic carbocycles. The maximum atomic E-state index is 13.3. The maximum absolute atomic E-state index is 13.3. The van der Waals surface area contributed by atoms with E-state index in [1.165, 1.54) is 0 Å². The van der Waals surface area contributed by atoms with Crippen molar-refractivity contribution in [3.05, 3.63) is 28.1 Å². The number of halogens is 1. The maximum Gasteiger partial charge on any atom is 0.315 e. The van der Waals surface area contributed by atoms with Crippen LogP contribution in [0.3, 0.4) is 0 Å². The average molecular weight is 250 g/mol. The van der Waals surface area contributed by atoms with Gasteiger partial charge < -0.3 is 4.74 Å². The van der Waals surface area contributed by atoms with Crippen molar-refractivity contribution >= 4 is 15.7 Å². The van der Waals surface area contributed by atoms with Gasteiger partial charge >= 0.3 is 5.69 Å². The summed E-state index contributed by atoms with van der Waals surface area (Å²) in [5.74, 6) is -1.81. The van der Waals surface area contributed by atoms with Crippen LogP contribution in [0.4, 0.5) is 10.1 Å². The highest BCUT2D eigenvalue weighted by atomic mass is 32.2. The summed E-state index contributed by atoms with van der Waals surface area (Å²) < 4.78 is 39.5. The molecule has 0 spiro atoms. The topological polar surface area (TPSA) is 113 Å². The zero-order valence-corrected chi connectivity index (χ0v) is 8.82. The normalized spacial score (nSPS) is 11.2. The van der Waals surface area contributed by atoms with Crippen LogP contribution < -0.4 is 9.88 Å². The molecule has 9 heteroatoms. The molecule has 1 aromatic carbocycles. The summed E-state index contributed by atoms with van der Waals surface area (Å²) in [5.41, 5.74) is -0.800. The van der Waals surface area contributed by atoms with Crippen LogP contribution in [-0.4, -0.2) is 20.5 Å². The molecule has 0 aliphatic heterocycles. The van der Waals surface area contributed by atoms with Crippen LogP contribution in [0.1, 0.15) is 0 Å². The van der Waals surface area contributed by atoms with Gasteiger partial charge in [0.25, 0.3) is 0 Å². The highest BCUT2D eigenvalue weighted by Gasteiger charge is 2.24. The molecule has 0 aromatic heterocycles. The number of methoxy groups -OCH3 is 1. The van der Waals surface area contributed by atoms with Gasteiger partial charge in [0, 0.05) is 6.07 Å². The Bertz CT molecular complexity index is 542. The van der Waals surface area contributed by atoms with Crippen molar-refractivity contribution in [1.29, 1.82) is 0 Å². The van der Waals surface area contributed by atoms with Crippen LogP contribution in [0.2, 0.25) is 0 Å². The van der Waals surface area contributed by atoms with E-state index in [9.17, 15) is 22.9 Å². The lowest BCUT2D eigenvalue weighted by Crippen LogP contribution is -2.13. The van der Waals surface area contributed by atoms with Gasteiger partial charge in [-0.2, -0.15) is 0 Å². The van der Waals surface area contributed by atoms with Crippen molar-refractivity contribution < 1.29 is 22.5 Å². The van der Waals surface area contributed by atoms with Gasteiger partial charge in [-0.3, -0.25) is 10.1 Å². The summed E-state index contributed by atoms with van der Waals surface area (Å²) in [4.78, 5) is 8.89. The van der Waals surface area contributed by atoms with Gasteiger partial charge in [0.2, 0.25) is 15.8 Å². The van der Waals surface area contributed by atoms with Gasteiger partial charge in [-0.15, -0.1) is 0 Å². The first-order valence-corrected chi connectivity index (χ1v) is 5.36. The zero-order valence-electron chi connectivity index (χ0n) is 8.01. The van der Waals surface area contributed by atoms with Crippen molar-refractivity contribution in [2.24, 2.45) is 5.14 Å². The van der Waals surface area contributed by atoms with E-state index < -0.39 is 37.1 Å². The summed E-state index contributed by atoms with van der Waals surface area (Å²) in [6.07, 6.45) is 0. The molecule has 0 unspecified atom stereocenters. The number of primary sulfonamides is 1. The van der Waals surface area contributed by atoms with Crippen molar-refractivity contribution in [2.75, 3.05) is 7.11 Å². The van der Waals surface area contributed by atoms with Crippen LogP contribution >= 0.6 is 0 Å². The largest absolute Gasteiger partial charge is 0.488 e. The molecule has 88 valence electrons. The first kappa shape index (κ1) is 12.3. The number of nitrogens with zero attached hydrogens (tertiary/aromatic N) is 1. The zero-order chi connectivity index (χ0) is 12.5. The van der Waals surface area contributed by atoms with E-state index in [2.05, 4.69) is 4.74 Å². The third-order valence-corrected chi connectivity index (χ3v) is 2.62. The van der Waals surface area contributed by atoms with E-state index in [0.717, 1.165) is 7.11 Å². The second-order valence-corrected chi connectivity index (χ2v) is 4.32. The van der Waals surface area contributed by atoms with E-state index in [1.54, 1.807) is 0 Å². The highest BCUT2D eigenvalue weighted by Crippen LogP contribution is 2.32. The fourth-order valence-electron chi connectivity index (χ4n) is 1.06. The van der Waals surface area contributed by atoms with Gasteiger partial charge in [0.05, 0.1) is 16.9 Å². The number of sulfonamides is 1. The van der Waals surface area contributed by atoms with Gasteiger partial charge in [0.1, 0.15) is 0 Å². The van der Waals surface area contributed by atoms with Crippen LogP contribution in [0.15, 0.2) is 17.0 Å². The Morgan fingerprint density at radius 1 is 1.50 bits per heavy atom. The van der Waals surface area contributed by atoms with E-state index in [1.807, 2.05) is 0 Å². The molecule has 0 atom stereocenters. The van der Waals surface area contributed by atoms with Gasteiger partial charge in [0.15, 0.2) is 5.82 Å². The summed E-state index contributed by atoms with van der Waals surface area (Å²) in [6.45, 7) is 0. The molecule has 0 fully saturated rings. The molecular weight excluding hydrogens is 243 g/mol. The fraction of sp³-hybridized carbons (Fsp3) is 0.143. The highest BCUT2D eigenvalue weighted by molar-refractivity contribution is 7.89. The number of nitrogens with two attached hydrogens (primary N) is 1. The molecule has 0 saturated heterocycles. The molecule has 0 radical (unpaired) electrons. The van der Waals surface area contributed by atoms with Gasteiger partial charge in [-0.25, -0.2) is 17.9 Å². The smallest absolute Gasteiger partial charge is 0.315 e. The predicted molar refractivity (Wildman–Crippen MR) is 51.0 cm³/mol. The SMILES string of the molecule is COc1c(F)cc(S(N)(=O)=O)cc1[N+](=O)[O-]. The Labute approximate surface area is 89.8 Å². The van der Waals surface area contributed by atoms with Crippen molar-refractivity contribution in [2.45, 2.75) is 4.90 Å². The molecule has 7 nitrogen and oxygen atoms in total. The van der Waals surface area contributed by atoms with Crippen LogP contribution in [0.25, 0.3) is 0 Å². The molecular formula is C7H7FN2O5S. The summed E-state index contributed by atoms with van der Waals surface area (Å²) in [7, 11) is -3.18. The number of benzene rings is 1. The van der Waals surface area contributed by atoms with E-state index in [4.69, 9.17) is 5.14 Å². The first-order valence-electron chi connectivity index (χ1n) is 3.82. The van der Waals surface area contributed by atoms with E-state index in [-0.39, 0.29) is 0 Å². The fourth-order valence-corrected chi connectivity index (χ4v) is 1.60. The molecule has 0 bridgehead atoms.